The maximum atomic E-state index is 6.06. The fraction of sp³-hybridized carbons (Fsp3) is 0.750. The molecule has 0 amide bonds. The van der Waals surface area contributed by atoms with Gasteiger partial charge < -0.3 is 14.8 Å². The highest BCUT2D eigenvalue weighted by Gasteiger charge is 2.30. The summed E-state index contributed by atoms with van der Waals surface area (Å²) in [6, 6.07) is 0.268. The predicted molar refractivity (Wildman–Crippen MR) is 81.4 cm³/mol. The molecule has 1 saturated carbocycles. The third kappa shape index (κ3) is 3.92. The van der Waals surface area contributed by atoms with Crippen molar-refractivity contribution >= 4 is 5.82 Å². The van der Waals surface area contributed by atoms with Crippen molar-refractivity contribution in [2.75, 3.05) is 25.1 Å². The SMILES string of the molecule is CC(C)c1cncnc1N[C@H]1CCOC[C@@H]1OCC1CC1. The van der Waals surface area contributed by atoms with Crippen molar-refractivity contribution in [1.82, 2.24) is 9.97 Å². The second-order valence-electron chi connectivity index (χ2n) is 6.41. The number of ether oxygens (including phenoxy) is 2. The highest BCUT2D eigenvalue weighted by Crippen LogP contribution is 2.30. The summed E-state index contributed by atoms with van der Waals surface area (Å²) >= 11 is 0. The van der Waals surface area contributed by atoms with E-state index >= 15 is 0 Å². The number of nitrogens with zero attached hydrogens (tertiary/aromatic N) is 2. The van der Waals surface area contributed by atoms with Crippen molar-refractivity contribution < 1.29 is 9.47 Å². The van der Waals surface area contributed by atoms with Crippen LogP contribution < -0.4 is 5.32 Å². The van der Waals surface area contributed by atoms with E-state index in [0.717, 1.165) is 36.9 Å². The maximum absolute atomic E-state index is 6.06. The Morgan fingerprint density at radius 2 is 2.24 bits per heavy atom. The van der Waals surface area contributed by atoms with Crippen molar-refractivity contribution in [3.05, 3.63) is 18.1 Å². The second-order valence-corrected chi connectivity index (χ2v) is 6.41. The highest BCUT2D eigenvalue weighted by molar-refractivity contribution is 5.45. The van der Waals surface area contributed by atoms with Gasteiger partial charge in [-0.3, -0.25) is 0 Å². The number of anilines is 1. The van der Waals surface area contributed by atoms with Gasteiger partial charge >= 0.3 is 0 Å². The molecule has 2 heterocycles. The number of hydrogen-bond donors (Lipinski definition) is 1. The third-order valence-corrected chi connectivity index (χ3v) is 4.23. The molecule has 2 atom stereocenters. The monoisotopic (exact) mass is 291 g/mol. The van der Waals surface area contributed by atoms with E-state index in [9.17, 15) is 0 Å². The zero-order chi connectivity index (χ0) is 14.7. The Hall–Kier alpha value is -1.20. The number of aromatic nitrogens is 2. The molecule has 0 radical (unpaired) electrons. The average molecular weight is 291 g/mol. The third-order valence-electron chi connectivity index (χ3n) is 4.23. The summed E-state index contributed by atoms with van der Waals surface area (Å²) in [6.45, 7) is 6.65. The Balaban J connectivity index is 1.65. The first kappa shape index (κ1) is 14.7. The Labute approximate surface area is 126 Å². The highest BCUT2D eigenvalue weighted by atomic mass is 16.5. The molecule has 2 aliphatic rings. The summed E-state index contributed by atoms with van der Waals surface area (Å²) in [4.78, 5) is 8.56. The molecule has 1 saturated heterocycles. The normalized spacial score (nSPS) is 26.0. The van der Waals surface area contributed by atoms with Crippen molar-refractivity contribution in [1.29, 1.82) is 0 Å². The van der Waals surface area contributed by atoms with Crippen LogP contribution in [-0.4, -0.2) is 41.9 Å². The Morgan fingerprint density at radius 3 is 3.00 bits per heavy atom. The number of nitrogens with one attached hydrogen (secondary N) is 1. The van der Waals surface area contributed by atoms with Crippen LogP contribution in [0.25, 0.3) is 0 Å². The van der Waals surface area contributed by atoms with Gasteiger partial charge in [0.25, 0.3) is 0 Å². The van der Waals surface area contributed by atoms with Crippen LogP contribution in [-0.2, 0) is 9.47 Å². The van der Waals surface area contributed by atoms with Crippen LogP contribution in [0.1, 0.15) is 44.6 Å². The molecule has 5 heteroatoms. The molecule has 3 rings (SSSR count). The quantitative estimate of drug-likeness (QED) is 0.873. The Morgan fingerprint density at radius 1 is 1.38 bits per heavy atom. The molecule has 1 N–H and O–H groups in total. The van der Waals surface area contributed by atoms with Gasteiger partial charge in [0.1, 0.15) is 18.2 Å². The predicted octanol–water partition coefficient (Wildman–Crippen LogP) is 2.60. The van der Waals surface area contributed by atoms with Gasteiger partial charge in [-0.05, 0) is 31.1 Å². The Bertz CT molecular complexity index is 463. The molecule has 1 aromatic heterocycles. The molecule has 5 nitrogen and oxygen atoms in total. The lowest BCUT2D eigenvalue weighted by Gasteiger charge is -2.33. The standard InChI is InChI=1S/C16H25N3O2/c1-11(2)13-7-17-10-18-16(13)19-14-5-6-20-9-15(14)21-8-12-3-4-12/h7,10-12,14-15H,3-6,8-9H2,1-2H3,(H,17,18,19)/t14-,15-/m0/s1. The number of hydrogen-bond acceptors (Lipinski definition) is 5. The molecule has 21 heavy (non-hydrogen) atoms. The zero-order valence-electron chi connectivity index (χ0n) is 12.9. The van der Waals surface area contributed by atoms with E-state index in [-0.39, 0.29) is 12.1 Å². The largest absolute Gasteiger partial charge is 0.379 e. The summed E-state index contributed by atoms with van der Waals surface area (Å²) < 4.78 is 11.6. The smallest absolute Gasteiger partial charge is 0.133 e. The van der Waals surface area contributed by atoms with Crippen LogP contribution in [0.5, 0.6) is 0 Å². The van der Waals surface area contributed by atoms with Crippen LogP contribution in [0.15, 0.2) is 12.5 Å². The molecule has 1 aliphatic carbocycles. The topological polar surface area (TPSA) is 56.3 Å². The number of rotatable bonds is 6. The van der Waals surface area contributed by atoms with E-state index in [0.29, 0.717) is 12.5 Å². The van der Waals surface area contributed by atoms with Crippen LogP contribution in [0.2, 0.25) is 0 Å². The lowest BCUT2D eigenvalue weighted by Crippen LogP contribution is -2.44. The minimum Gasteiger partial charge on any atom is -0.379 e. The summed E-state index contributed by atoms with van der Waals surface area (Å²) in [5.74, 6) is 2.11. The fourth-order valence-electron chi connectivity index (χ4n) is 2.64. The van der Waals surface area contributed by atoms with Gasteiger partial charge in [0.15, 0.2) is 0 Å². The molecular formula is C16H25N3O2. The molecule has 2 fully saturated rings. The van der Waals surface area contributed by atoms with Gasteiger partial charge in [-0.1, -0.05) is 13.8 Å². The molecule has 0 unspecified atom stereocenters. The minimum absolute atomic E-state index is 0.120. The van der Waals surface area contributed by atoms with E-state index in [2.05, 4.69) is 29.1 Å². The first-order chi connectivity index (χ1) is 10.2. The van der Waals surface area contributed by atoms with Crippen LogP contribution in [0, 0.1) is 5.92 Å². The lowest BCUT2D eigenvalue weighted by molar-refractivity contribution is -0.0598. The van der Waals surface area contributed by atoms with Gasteiger partial charge in [-0.25, -0.2) is 9.97 Å². The van der Waals surface area contributed by atoms with Gasteiger partial charge in [-0.2, -0.15) is 0 Å². The summed E-state index contributed by atoms with van der Waals surface area (Å²) in [7, 11) is 0. The van der Waals surface area contributed by atoms with E-state index < -0.39 is 0 Å². The second kappa shape index (κ2) is 6.71. The molecule has 0 bridgehead atoms. The van der Waals surface area contributed by atoms with Crippen molar-refractivity contribution in [2.45, 2.75) is 51.2 Å². The van der Waals surface area contributed by atoms with Crippen molar-refractivity contribution in [3.8, 4) is 0 Å². The lowest BCUT2D eigenvalue weighted by atomic mass is 10.0. The summed E-state index contributed by atoms with van der Waals surface area (Å²) in [6.07, 6.45) is 7.21. The van der Waals surface area contributed by atoms with Gasteiger partial charge in [0.05, 0.1) is 12.6 Å². The van der Waals surface area contributed by atoms with E-state index in [1.54, 1.807) is 6.33 Å². The van der Waals surface area contributed by atoms with Crippen LogP contribution in [0.3, 0.4) is 0 Å². The van der Waals surface area contributed by atoms with Crippen LogP contribution >= 0.6 is 0 Å². The average Bonchev–Trinajstić information content (AvgIpc) is 3.31. The van der Waals surface area contributed by atoms with Crippen LogP contribution in [0.4, 0.5) is 5.82 Å². The van der Waals surface area contributed by atoms with E-state index in [1.165, 1.54) is 12.8 Å². The van der Waals surface area contributed by atoms with Gasteiger partial charge in [0.2, 0.25) is 0 Å². The molecule has 0 spiro atoms. The maximum Gasteiger partial charge on any atom is 0.133 e. The first-order valence-corrected chi connectivity index (χ1v) is 8.00. The summed E-state index contributed by atoms with van der Waals surface area (Å²) in [5, 5.41) is 3.57. The first-order valence-electron chi connectivity index (χ1n) is 8.00. The van der Waals surface area contributed by atoms with Crippen molar-refractivity contribution in [2.24, 2.45) is 5.92 Å². The van der Waals surface area contributed by atoms with E-state index in [1.807, 2.05) is 6.20 Å². The zero-order valence-corrected chi connectivity index (χ0v) is 12.9. The minimum atomic E-state index is 0.120. The van der Waals surface area contributed by atoms with E-state index in [4.69, 9.17) is 9.47 Å². The molecular weight excluding hydrogens is 266 g/mol. The molecule has 1 aliphatic heterocycles. The molecule has 0 aromatic carbocycles. The molecule has 116 valence electrons. The fourth-order valence-corrected chi connectivity index (χ4v) is 2.64. The van der Waals surface area contributed by atoms with Crippen molar-refractivity contribution in [3.63, 3.8) is 0 Å². The molecule has 1 aromatic rings. The van der Waals surface area contributed by atoms with Gasteiger partial charge in [-0.15, -0.1) is 0 Å². The summed E-state index contributed by atoms with van der Waals surface area (Å²) in [5.41, 5.74) is 1.16. The van der Waals surface area contributed by atoms with Gasteiger partial charge in [0, 0.05) is 25.0 Å². The Kier molecular flexibility index (Phi) is 4.70.